The van der Waals surface area contributed by atoms with Gasteiger partial charge in [-0.2, -0.15) is 0 Å². The number of rotatable bonds is 15. The van der Waals surface area contributed by atoms with E-state index >= 15 is 4.79 Å². The van der Waals surface area contributed by atoms with Crippen molar-refractivity contribution in [2.75, 3.05) is 19.3 Å². The van der Waals surface area contributed by atoms with E-state index in [0.29, 0.717) is 5.56 Å². The summed E-state index contributed by atoms with van der Waals surface area (Å²) in [5, 5.41) is 46.6. The van der Waals surface area contributed by atoms with Crippen LogP contribution in [-0.2, 0) is 51.9 Å². The summed E-state index contributed by atoms with van der Waals surface area (Å²) in [5.41, 5.74) is 0.648. The maximum atomic E-state index is 15.3. The lowest BCUT2D eigenvalue weighted by Gasteiger charge is -2.33. The predicted molar refractivity (Wildman–Crippen MR) is 277 cm³/mol. The number of benzene rings is 2. The summed E-state index contributed by atoms with van der Waals surface area (Å²) in [4.78, 5) is 105. The third kappa shape index (κ3) is 15.4. The van der Waals surface area contributed by atoms with Crippen molar-refractivity contribution in [3.8, 4) is 5.75 Å². The molecule has 1 saturated heterocycles. The van der Waals surface area contributed by atoms with Gasteiger partial charge in [-0.1, -0.05) is 95.9 Å². The molecule has 2 aromatic carbocycles. The van der Waals surface area contributed by atoms with Crippen molar-refractivity contribution >= 4 is 57.9 Å². The lowest BCUT2D eigenvalue weighted by Crippen LogP contribution is -2.60. The molecule has 2 heterocycles. The van der Waals surface area contributed by atoms with E-state index in [1.165, 1.54) is 36.9 Å². The van der Waals surface area contributed by atoms with Crippen LogP contribution in [0.2, 0.25) is 0 Å². The van der Waals surface area contributed by atoms with Crippen molar-refractivity contribution in [3.63, 3.8) is 0 Å². The minimum Gasteiger partial charge on any atom is -0.871 e. The summed E-state index contributed by atoms with van der Waals surface area (Å²) < 4.78 is 2.03. The lowest BCUT2D eigenvalue weighted by atomic mass is 9.98. The zero-order valence-corrected chi connectivity index (χ0v) is 44.5. The summed E-state index contributed by atoms with van der Waals surface area (Å²) in [5.74, 6) is -6.13. The highest BCUT2D eigenvalue weighted by atomic mass is 16.8. The largest absolute Gasteiger partial charge is 0.871 e. The molecule has 0 bridgehead atoms. The Labute approximate surface area is 429 Å². The van der Waals surface area contributed by atoms with Crippen LogP contribution < -0.4 is 36.9 Å². The molecule has 7 N–H and O–H groups in total. The van der Waals surface area contributed by atoms with Gasteiger partial charge in [-0.15, -0.1) is 11.8 Å². The van der Waals surface area contributed by atoms with E-state index in [4.69, 9.17) is 0 Å². The van der Waals surface area contributed by atoms with Gasteiger partial charge in [-0.05, 0) is 94.4 Å². The number of fused-ring (bicyclic) bond motifs is 1. The average molecular weight is 1010 g/mol. The summed E-state index contributed by atoms with van der Waals surface area (Å²) >= 11 is 0. The first-order valence-corrected chi connectivity index (χ1v) is 25.1. The summed E-state index contributed by atoms with van der Waals surface area (Å²) in [6.07, 6.45) is 7.17. The number of amides is 7. The molecule has 19 nitrogen and oxygen atoms in total. The molecule has 19 heteroatoms. The Balaban J connectivity index is 1.97. The number of hydrogen-bond donors (Lipinski definition) is 7. The molecule has 1 aliphatic rings. The second-order valence-electron chi connectivity index (χ2n) is 21.0. The highest BCUT2D eigenvalue weighted by Crippen LogP contribution is 2.30. The molecule has 0 radical (unpaired) electrons. The number of para-hydroxylation sites is 1. The van der Waals surface area contributed by atoms with E-state index in [0.717, 1.165) is 23.0 Å². The second-order valence-corrected chi connectivity index (χ2v) is 21.0. The standard InChI is InChI=1S/C54H79N9O10/c1-14-16-20-38-47(65)59-41(29-36-30-62(54(10,11)15-2)42-21-18-17-19-37(36)42)53(71)61(13)45(26-33(7)8)51(69)58-40(27-35-22-23-46(64)43(28-35)63(72)73)48(66)55-34(9)52(70)60(12)44(25-32(5)6)50(68)57-39(24-31(3)4)49(67)56-38/h14-19,21-23,28,30-34,38-41,44-45,64,72-73H,2,20,24-27,29H2,1,3-13H3,(H,55,66)(H,56,67)(H,57,68)(H,58,69)(H,59,65)/p-1/b16-14+/t34-,38-,39-,40-,41-,44-,45-/m0/s1. The third-order valence-corrected chi connectivity index (χ3v) is 13.2. The topological polar surface area (TPSA) is 258 Å². The highest BCUT2D eigenvalue weighted by Gasteiger charge is 2.39. The van der Waals surface area contributed by atoms with E-state index < -0.39 is 101 Å². The van der Waals surface area contributed by atoms with Crippen LogP contribution in [0.1, 0.15) is 106 Å². The van der Waals surface area contributed by atoms with Crippen LogP contribution in [0.5, 0.6) is 5.75 Å². The van der Waals surface area contributed by atoms with Crippen LogP contribution in [0, 0.1) is 17.8 Å². The number of hydrogen-bond acceptors (Lipinski definition) is 11. The molecular weight excluding hydrogens is 935 g/mol. The molecule has 7 atom stereocenters. The molecule has 1 fully saturated rings. The number of nitrogens with zero attached hydrogens (tertiary/aromatic N) is 4. The number of allylic oxidation sites excluding steroid dienone is 2. The van der Waals surface area contributed by atoms with E-state index in [2.05, 4.69) is 33.2 Å². The summed E-state index contributed by atoms with van der Waals surface area (Å²) in [6, 6.07) is 2.29. The molecule has 0 saturated carbocycles. The number of likely N-dealkylation sites (N-methyl/N-ethyl adjacent to an activating group) is 2. The smallest absolute Gasteiger partial charge is 0.245 e. The van der Waals surface area contributed by atoms with E-state index in [-0.39, 0.29) is 67.1 Å². The molecule has 7 amide bonds. The van der Waals surface area contributed by atoms with E-state index in [1.54, 1.807) is 25.2 Å². The Kier molecular flexibility index (Phi) is 20.8. The Morgan fingerprint density at radius 3 is 1.78 bits per heavy atom. The number of anilines is 1. The molecule has 4 rings (SSSR count). The molecule has 0 spiro atoms. The van der Waals surface area contributed by atoms with Gasteiger partial charge in [0.15, 0.2) is 0 Å². The van der Waals surface area contributed by atoms with Crippen LogP contribution in [0.4, 0.5) is 5.69 Å². The minimum atomic E-state index is -1.48. The predicted octanol–water partition coefficient (Wildman–Crippen LogP) is 4.22. The SMILES string of the molecule is C=CC(C)(C)n1cc(C[C@@H]2NC(=O)[C@H](C/C=C/C)NC(=O)[C@H](CC(C)C)NC(=O)[C@H](CC(C)C)N(C)C(=O)[C@H](C)NC(=O)[C@H](Cc3ccc([O-])c(N(O)O)c3)NC(=O)[C@H](CC(C)C)N(C)C2=O)c2ccccc21. The van der Waals surface area contributed by atoms with Crippen LogP contribution in [0.3, 0.4) is 0 Å². The molecule has 0 unspecified atom stereocenters. The van der Waals surface area contributed by atoms with Gasteiger partial charge in [0.05, 0.1) is 11.2 Å². The van der Waals surface area contributed by atoms with Gasteiger partial charge in [0.1, 0.15) is 42.3 Å². The van der Waals surface area contributed by atoms with Crippen molar-refractivity contribution in [2.45, 2.75) is 156 Å². The molecule has 0 aliphatic carbocycles. The Hall–Kier alpha value is -6.73. The fraction of sp³-hybridized carbons (Fsp3) is 0.537. The van der Waals surface area contributed by atoms with Gasteiger partial charge >= 0.3 is 0 Å². The first kappa shape index (κ1) is 58.8. The average Bonchev–Trinajstić information content (AvgIpc) is 3.70. The molecule has 1 aliphatic heterocycles. The van der Waals surface area contributed by atoms with Crippen molar-refractivity contribution in [1.29, 1.82) is 0 Å². The monoisotopic (exact) mass is 1010 g/mol. The number of carbonyl (C=O) groups is 7. The molecule has 1 aromatic heterocycles. The molecule has 400 valence electrons. The van der Waals surface area contributed by atoms with E-state index in [1.807, 2.05) is 90.4 Å². The van der Waals surface area contributed by atoms with Crippen LogP contribution in [0.15, 0.2) is 73.5 Å². The van der Waals surface area contributed by atoms with Gasteiger partial charge < -0.3 is 46.1 Å². The van der Waals surface area contributed by atoms with Gasteiger partial charge in [0.2, 0.25) is 41.4 Å². The first-order valence-electron chi connectivity index (χ1n) is 25.1. The van der Waals surface area contributed by atoms with Crippen LogP contribution in [-0.4, -0.2) is 123 Å². The van der Waals surface area contributed by atoms with E-state index in [9.17, 15) is 44.3 Å². The molecule has 3 aromatic rings. The molecule has 73 heavy (non-hydrogen) atoms. The summed E-state index contributed by atoms with van der Waals surface area (Å²) in [6.45, 7) is 22.4. The normalized spacial score (nSPS) is 22.9. The third-order valence-electron chi connectivity index (χ3n) is 13.2. The van der Waals surface area contributed by atoms with Gasteiger partial charge in [0.25, 0.3) is 0 Å². The van der Waals surface area contributed by atoms with Crippen LogP contribution in [0.25, 0.3) is 10.9 Å². The van der Waals surface area contributed by atoms with Crippen molar-refractivity contribution in [3.05, 3.63) is 84.6 Å². The Morgan fingerprint density at radius 2 is 1.22 bits per heavy atom. The first-order chi connectivity index (χ1) is 34.2. The zero-order chi connectivity index (χ0) is 54.6. The minimum absolute atomic E-state index is 0.0135. The zero-order valence-electron chi connectivity index (χ0n) is 44.5. The second kappa shape index (κ2) is 25.8. The van der Waals surface area contributed by atoms with Crippen molar-refractivity contribution in [1.82, 2.24) is 41.0 Å². The Bertz CT molecular complexity index is 2500. The van der Waals surface area contributed by atoms with Gasteiger partial charge in [-0.3, -0.25) is 44.0 Å². The summed E-state index contributed by atoms with van der Waals surface area (Å²) in [7, 11) is 2.85. The number of nitrogens with one attached hydrogen (secondary N) is 5. The van der Waals surface area contributed by atoms with Crippen molar-refractivity contribution < 1.29 is 49.1 Å². The maximum Gasteiger partial charge on any atom is 0.245 e. The van der Waals surface area contributed by atoms with Crippen molar-refractivity contribution in [2.24, 2.45) is 17.8 Å². The Morgan fingerprint density at radius 1 is 0.699 bits per heavy atom. The van der Waals surface area contributed by atoms with Crippen LogP contribution >= 0.6 is 0 Å². The quantitative estimate of drug-likeness (QED) is 0.0838. The highest BCUT2D eigenvalue weighted by molar-refractivity contribution is 5.99. The van der Waals surface area contributed by atoms with Gasteiger partial charge in [-0.25, -0.2) is 0 Å². The fourth-order valence-corrected chi connectivity index (χ4v) is 9.00. The maximum absolute atomic E-state index is 15.3. The molecular formula is C54H78N9O10-. The van der Waals surface area contributed by atoms with Gasteiger partial charge in [0, 0.05) is 44.0 Å². The number of carbonyl (C=O) groups excluding carboxylic acids is 7. The number of aromatic nitrogens is 1. The fourth-order valence-electron chi connectivity index (χ4n) is 9.00. The lowest BCUT2D eigenvalue weighted by molar-refractivity contribution is -0.268.